The highest BCUT2D eigenvalue weighted by atomic mass is 16.4. The van der Waals surface area contributed by atoms with Crippen molar-refractivity contribution < 1.29 is 39.3 Å². The zero-order valence-electron chi connectivity index (χ0n) is 17.7. The normalized spacial score (nSPS) is 18.6. The van der Waals surface area contributed by atoms with Crippen LogP contribution in [0.3, 0.4) is 0 Å². The van der Waals surface area contributed by atoms with Crippen molar-refractivity contribution >= 4 is 29.7 Å². The van der Waals surface area contributed by atoms with E-state index in [1.165, 1.54) is 0 Å². The van der Waals surface area contributed by atoms with Crippen LogP contribution in [0, 0.1) is 5.92 Å². The van der Waals surface area contributed by atoms with E-state index in [4.69, 9.17) is 5.11 Å². The maximum Gasteiger partial charge on any atom is 0.326 e. The Morgan fingerprint density at radius 3 is 2.06 bits per heavy atom. The molecule has 0 aliphatic carbocycles. The van der Waals surface area contributed by atoms with E-state index < -0.39 is 66.9 Å². The molecular formula is C19H32N4O8. The van der Waals surface area contributed by atoms with Crippen molar-refractivity contribution in [2.75, 3.05) is 13.2 Å². The highest BCUT2D eigenvalue weighted by molar-refractivity contribution is 5.94. The first-order valence-electron chi connectivity index (χ1n) is 10.2. The summed E-state index contributed by atoms with van der Waals surface area (Å²) in [6, 6.07) is -4.40. The van der Waals surface area contributed by atoms with Gasteiger partial charge in [-0.2, -0.15) is 0 Å². The predicted octanol–water partition coefficient (Wildman–Crippen LogP) is -1.82. The molecule has 12 nitrogen and oxygen atoms in total. The van der Waals surface area contributed by atoms with Crippen molar-refractivity contribution in [2.24, 2.45) is 5.92 Å². The van der Waals surface area contributed by atoms with Crippen LogP contribution in [0.25, 0.3) is 0 Å². The second-order valence-electron chi connectivity index (χ2n) is 7.92. The molecule has 31 heavy (non-hydrogen) atoms. The van der Waals surface area contributed by atoms with Gasteiger partial charge >= 0.3 is 11.9 Å². The molecule has 1 heterocycles. The second kappa shape index (κ2) is 12.8. The topological polar surface area (TPSA) is 194 Å². The standard InChI is InChI=1S/C19H32N4O8/c1-10(2)8-13(19(30)31)22-18(29)14(9-24)23-17(28)12(5-6-15(25)26)21-16(27)11-4-3-7-20-11/h10-14,20,24H,3-9H2,1-2H3,(H,21,27)(H,22,29)(H,23,28)(H,25,26)(H,30,31). The van der Waals surface area contributed by atoms with Gasteiger partial charge in [-0.3, -0.25) is 19.2 Å². The molecule has 1 saturated heterocycles. The lowest BCUT2D eigenvalue weighted by Gasteiger charge is -2.24. The minimum absolute atomic E-state index is 0.0247. The minimum Gasteiger partial charge on any atom is -0.481 e. The van der Waals surface area contributed by atoms with Gasteiger partial charge in [0.25, 0.3) is 0 Å². The molecule has 0 bridgehead atoms. The van der Waals surface area contributed by atoms with Crippen LogP contribution in [0.15, 0.2) is 0 Å². The molecule has 0 saturated carbocycles. The first-order chi connectivity index (χ1) is 14.5. The SMILES string of the molecule is CC(C)CC(NC(=O)C(CO)NC(=O)C(CCC(=O)O)NC(=O)C1CCCN1)C(=O)O. The molecule has 7 N–H and O–H groups in total. The molecular weight excluding hydrogens is 412 g/mol. The summed E-state index contributed by atoms with van der Waals surface area (Å²) >= 11 is 0. The van der Waals surface area contributed by atoms with Gasteiger partial charge in [-0.1, -0.05) is 13.8 Å². The molecule has 0 spiro atoms. The summed E-state index contributed by atoms with van der Waals surface area (Å²) in [7, 11) is 0. The van der Waals surface area contributed by atoms with Gasteiger partial charge in [0.15, 0.2) is 0 Å². The fraction of sp³-hybridized carbons (Fsp3) is 0.737. The molecule has 1 aliphatic rings. The number of hydrogen-bond donors (Lipinski definition) is 7. The lowest BCUT2D eigenvalue weighted by atomic mass is 10.0. The maximum absolute atomic E-state index is 12.6. The van der Waals surface area contributed by atoms with E-state index in [1.54, 1.807) is 13.8 Å². The van der Waals surface area contributed by atoms with Crippen molar-refractivity contribution in [2.45, 2.75) is 70.1 Å². The Kier molecular flexibility index (Phi) is 10.9. The zero-order valence-corrected chi connectivity index (χ0v) is 17.7. The van der Waals surface area contributed by atoms with Gasteiger partial charge in [-0.05, 0) is 38.1 Å². The Labute approximate surface area is 180 Å². The molecule has 3 amide bonds. The fourth-order valence-corrected chi connectivity index (χ4v) is 3.15. The van der Waals surface area contributed by atoms with Crippen LogP contribution in [0.2, 0.25) is 0 Å². The van der Waals surface area contributed by atoms with Crippen molar-refractivity contribution in [1.29, 1.82) is 0 Å². The average Bonchev–Trinajstić information content (AvgIpc) is 3.22. The third kappa shape index (κ3) is 9.30. The highest BCUT2D eigenvalue weighted by Crippen LogP contribution is 2.08. The zero-order chi connectivity index (χ0) is 23.6. The number of carboxylic acid groups (broad SMARTS) is 2. The van der Waals surface area contributed by atoms with Crippen molar-refractivity contribution in [3.8, 4) is 0 Å². The van der Waals surface area contributed by atoms with E-state index in [9.17, 15) is 34.2 Å². The number of nitrogens with one attached hydrogen (secondary N) is 4. The molecule has 4 atom stereocenters. The van der Waals surface area contributed by atoms with Crippen LogP contribution in [-0.2, 0) is 24.0 Å². The molecule has 0 aromatic carbocycles. The summed E-state index contributed by atoms with van der Waals surface area (Å²) < 4.78 is 0. The number of aliphatic hydroxyl groups excluding tert-OH is 1. The number of carboxylic acids is 2. The van der Waals surface area contributed by atoms with Crippen LogP contribution in [-0.4, -0.2) is 82.3 Å². The summed E-state index contributed by atoms with van der Waals surface area (Å²) in [4.78, 5) is 59.6. The third-order valence-corrected chi connectivity index (χ3v) is 4.79. The number of rotatable bonds is 13. The van der Waals surface area contributed by atoms with E-state index in [0.29, 0.717) is 13.0 Å². The Balaban J connectivity index is 2.81. The number of hydrogen-bond acceptors (Lipinski definition) is 7. The smallest absolute Gasteiger partial charge is 0.326 e. The van der Waals surface area contributed by atoms with Gasteiger partial charge in [0.05, 0.1) is 12.6 Å². The van der Waals surface area contributed by atoms with Crippen LogP contribution in [0.5, 0.6) is 0 Å². The molecule has 0 aromatic rings. The lowest BCUT2D eigenvalue weighted by molar-refractivity contribution is -0.143. The molecule has 12 heteroatoms. The summed E-state index contributed by atoms with van der Waals surface area (Å²) in [5, 5.41) is 37.7. The number of aliphatic carboxylic acids is 2. The summed E-state index contributed by atoms with van der Waals surface area (Å²) in [5.74, 6) is -4.65. The second-order valence-corrected chi connectivity index (χ2v) is 7.92. The van der Waals surface area contributed by atoms with Crippen LogP contribution >= 0.6 is 0 Å². The monoisotopic (exact) mass is 444 g/mol. The number of carbonyl (C=O) groups excluding carboxylic acids is 3. The van der Waals surface area contributed by atoms with Gasteiger partial charge in [0.1, 0.15) is 18.1 Å². The fourth-order valence-electron chi connectivity index (χ4n) is 3.15. The highest BCUT2D eigenvalue weighted by Gasteiger charge is 2.31. The Hall–Kier alpha value is -2.73. The van der Waals surface area contributed by atoms with E-state index in [1.807, 2.05) is 0 Å². The summed E-state index contributed by atoms with van der Waals surface area (Å²) in [6.07, 6.45) is 0.899. The Morgan fingerprint density at radius 2 is 1.58 bits per heavy atom. The van der Waals surface area contributed by atoms with Gasteiger partial charge < -0.3 is 36.6 Å². The van der Waals surface area contributed by atoms with Gasteiger partial charge in [-0.25, -0.2) is 4.79 Å². The first-order valence-corrected chi connectivity index (χ1v) is 10.2. The summed E-state index contributed by atoms with van der Waals surface area (Å²) in [6.45, 7) is 3.40. The van der Waals surface area contributed by atoms with E-state index >= 15 is 0 Å². The molecule has 0 aromatic heterocycles. The van der Waals surface area contributed by atoms with Gasteiger partial charge in [-0.15, -0.1) is 0 Å². The minimum atomic E-state index is -1.46. The van der Waals surface area contributed by atoms with E-state index in [0.717, 1.165) is 6.42 Å². The Morgan fingerprint density at radius 1 is 0.968 bits per heavy atom. The maximum atomic E-state index is 12.6. The van der Waals surface area contributed by atoms with Gasteiger partial charge in [0.2, 0.25) is 17.7 Å². The van der Waals surface area contributed by atoms with Gasteiger partial charge in [0, 0.05) is 6.42 Å². The number of amides is 3. The molecule has 1 rings (SSSR count). The Bertz CT molecular complexity index is 663. The van der Waals surface area contributed by atoms with Crippen LogP contribution < -0.4 is 21.3 Å². The average molecular weight is 444 g/mol. The predicted molar refractivity (Wildman–Crippen MR) is 108 cm³/mol. The van der Waals surface area contributed by atoms with Crippen molar-refractivity contribution in [1.82, 2.24) is 21.3 Å². The quantitative estimate of drug-likeness (QED) is 0.171. The van der Waals surface area contributed by atoms with Crippen LogP contribution in [0.4, 0.5) is 0 Å². The van der Waals surface area contributed by atoms with E-state index in [2.05, 4.69) is 21.3 Å². The molecule has 4 unspecified atom stereocenters. The molecule has 0 radical (unpaired) electrons. The largest absolute Gasteiger partial charge is 0.481 e. The van der Waals surface area contributed by atoms with E-state index in [-0.39, 0.29) is 18.8 Å². The lowest BCUT2D eigenvalue weighted by Crippen LogP contribution is -2.58. The number of aliphatic hydroxyl groups is 1. The van der Waals surface area contributed by atoms with Crippen LogP contribution in [0.1, 0.15) is 46.0 Å². The molecule has 1 aliphatic heterocycles. The molecule has 1 fully saturated rings. The summed E-state index contributed by atoms with van der Waals surface area (Å²) in [5.41, 5.74) is 0. The van der Waals surface area contributed by atoms with Crippen molar-refractivity contribution in [3.05, 3.63) is 0 Å². The first kappa shape index (κ1) is 26.3. The van der Waals surface area contributed by atoms with Crippen molar-refractivity contribution in [3.63, 3.8) is 0 Å². The molecule has 176 valence electrons. The number of carbonyl (C=O) groups is 5. The third-order valence-electron chi connectivity index (χ3n) is 4.79.